The van der Waals surface area contributed by atoms with Gasteiger partial charge in [-0.15, -0.1) is 0 Å². The van der Waals surface area contributed by atoms with Gasteiger partial charge in [-0.1, -0.05) is 29.8 Å². The van der Waals surface area contributed by atoms with Crippen LogP contribution in [-0.4, -0.2) is 38.2 Å². The molecule has 0 bridgehead atoms. The van der Waals surface area contributed by atoms with Crippen LogP contribution in [0, 0.1) is 6.92 Å². The average molecular weight is 370 g/mol. The number of para-hydroxylation sites is 1. The lowest BCUT2D eigenvalue weighted by Crippen LogP contribution is -2.32. The summed E-state index contributed by atoms with van der Waals surface area (Å²) in [6.45, 7) is 4.73. The number of hydrogen-bond acceptors (Lipinski definition) is 4. The molecular formula is C21H26N2O4. The van der Waals surface area contributed by atoms with Crippen molar-refractivity contribution in [2.75, 3.05) is 25.6 Å². The Morgan fingerprint density at radius 3 is 2.48 bits per heavy atom. The molecule has 0 heterocycles. The number of amides is 2. The van der Waals surface area contributed by atoms with Gasteiger partial charge in [0.05, 0.1) is 11.3 Å². The summed E-state index contributed by atoms with van der Waals surface area (Å²) in [4.78, 5) is 24.8. The number of rotatable bonds is 9. The van der Waals surface area contributed by atoms with E-state index in [-0.39, 0.29) is 11.8 Å². The lowest BCUT2D eigenvalue weighted by molar-refractivity contribution is -0.122. The van der Waals surface area contributed by atoms with Crippen molar-refractivity contribution >= 4 is 17.5 Å². The van der Waals surface area contributed by atoms with Crippen molar-refractivity contribution in [3.05, 3.63) is 59.7 Å². The molecule has 1 atom stereocenters. The molecule has 0 aromatic heterocycles. The molecule has 0 aliphatic heterocycles. The molecule has 27 heavy (non-hydrogen) atoms. The highest BCUT2D eigenvalue weighted by Crippen LogP contribution is 2.17. The van der Waals surface area contributed by atoms with Gasteiger partial charge in [0.25, 0.3) is 11.8 Å². The van der Waals surface area contributed by atoms with E-state index >= 15 is 0 Å². The Morgan fingerprint density at radius 2 is 1.78 bits per heavy atom. The smallest absolute Gasteiger partial charge is 0.265 e. The number of benzene rings is 2. The standard InChI is InChI=1S/C21H26N2O4/c1-15-9-11-17(12-10-15)27-16(2)20(24)23-19-8-5-4-7-18(19)21(25)22-13-6-14-26-3/h4-5,7-12,16H,6,13-14H2,1-3H3,(H,22,25)(H,23,24). The summed E-state index contributed by atoms with van der Waals surface area (Å²) >= 11 is 0. The Balaban J connectivity index is 1.98. The van der Waals surface area contributed by atoms with E-state index in [9.17, 15) is 9.59 Å². The maximum Gasteiger partial charge on any atom is 0.265 e. The molecule has 2 rings (SSSR count). The maximum absolute atomic E-state index is 12.5. The fourth-order valence-electron chi connectivity index (χ4n) is 2.41. The number of carbonyl (C=O) groups is 2. The number of ether oxygens (including phenoxy) is 2. The number of methoxy groups -OCH3 is 1. The molecule has 2 N–H and O–H groups in total. The molecule has 2 amide bonds. The van der Waals surface area contributed by atoms with Crippen LogP contribution >= 0.6 is 0 Å². The van der Waals surface area contributed by atoms with Crippen LogP contribution in [0.1, 0.15) is 29.3 Å². The van der Waals surface area contributed by atoms with Gasteiger partial charge in [-0.2, -0.15) is 0 Å². The molecule has 6 nitrogen and oxygen atoms in total. The Morgan fingerprint density at radius 1 is 1.07 bits per heavy atom. The maximum atomic E-state index is 12.5. The van der Waals surface area contributed by atoms with Gasteiger partial charge in [0.15, 0.2) is 6.10 Å². The zero-order valence-corrected chi connectivity index (χ0v) is 16.0. The second-order valence-corrected chi connectivity index (χ2v) is 6.21. The van der Waals surface area contributed by atoms with Crippen LogP contribution in [0.5, 0.6) is 5.75 Å². The van der Waals surface area contributed by atoms with Gasteiger partial charge in [0, 0.05) is 20.3 Å². The van der Waals surface area contributed by atoms with E-state index in [1.807, 2.05) is 31.2 Å². The molecule has 0 saturated carbocycles. The third-order valence-corrected chi connectivity index (χ3v) is 3.94. The van der Waals surface area contributed by atoms with E-state index < -0.39 is 6.10 Å². The van der Waals surface area contributed by atoms with E-state index in [1.54, 1.807) is 38.3 Å². The summed E-state index contributed by atoms with van der Waals surface area (Å²) in [6, 6.07) is 14.4. The van der Waals surface area contributed by atoms with Gasteiger partial charge in [-0.05, 0) is 44.5 Å². The average Bonchev–Trinajstić information content (AvgIpc) is 2.67. The zero-order chi connectivity index (χ0) is 19.6. The highest BCUT2D eigenvalue weighted by atomic mass is 16.5. The van der Waals surface area contributed by atoms with Crippen molar-refractivity contribution in [1.82, 2.24) is 5.32 Å². The first-order valence-corrected chi connectivity index (χ1v) is 8.91. The fourth-order valence-corrected chi connectivity index (χ4v) is 2.41. The minimum Gasteiger partial charge on any atom is -0.481 e. The quantitative estimate of drug-likeness (QED) is 0.665. The van der Waals surface area contributed by atoms with Crippen LogP contribution in [0.3, 0.4) is 0 Å². The first-order chi connectivity index (χ1) is 13.0. The molecule has 1 unspecified atom stereocenters. The van der Waals surface area contributed by atoms with E-state index in [2.05, 4.69) is 10.6 Å². The molecule has 0 spiro atoms. The summed E-state index contributed by atoms with van der Waals surface area (Å²) in [5.74, 6) is 0.0525. The molecule has 0 saturated heterocycles. The highest BCUT2D eigenvalue weighted by Gasteiger charge is 2.18. The van der Waals surface area contributed by atoms with Gasteiger partial charge in [-0.3, -0.25) is 9.59 Å². The number of anilines is 1. The molecule has 0 aliphatic rings. The Labute approximate surface area is 159 Å². The summed E-state index contributed by atoms with van der Waals surface area (Å²) in [6.07, 6.45) is 0.0172. The second kappa shape index (κ2) is 10.3. The van der Waals surface area contributed by atoms with E-state index in [4.69, 9.17) is 9.47 Å². The number of hydrogen-bond donors (Lipinski definition) is 2. The minimum absolute atomic E-state index is 0.242. The topological polar surface area (TPSA) is 76.7 Å². The van der Waals surface area contributed by atoms with Gasteiger partial charge < -0.3 is 20.1 Å². The first-order valence-electron chi connectivity index (χ1n) is 8.91. The van der Waals surface area contributed by atoms with Crippen LogP contribution in [0.15, 0.2) is 48.5 Å². The van der Waals surface area contributed by atoms with Crippen molar-refractivity contribution in [3.8, 4) is 5.75 Å². The van der Waals surface area contributed by atoms with Crippen molar-refractivity contribution < 1.29 is 19.1 Å². The molecule has 0 fully saturated rings. The first kappa shape index (κ1) is 20.5. The SMILES string of the molecule is COCCCNC(=O)c1ccccc1NC(=O)C(C)Oc1ccc(C)cc1. The number of carbonyl (C=O) groups excluding carboxylic acids is 2. The predicted octanol–water partition coefficient (Wildman–Crippen LogP) is 3.17. The number of nitrogens with one attached hydrogen (secondary N) is 2. The summed E-state index contributed by atoms with van der Waals surface area (Å²) < 4.78 is 10.6. The van der Waals surface area contributed by atoms with E-state index in [0.29, 0.717) is 30.2 Å². The van der Waals surface area contributed by atoms with Crippen LogP contribution in [-0.2, 0) is 9.53 Å². The number of aryl methyl sites for hydroxylation is 1. The predicted molar refractivity (Wildman–Crippen MR) is 105 cm³/mol. The summed E-state index contributed by atoms with van der Waals surface area (Å²) in [5.41, 5.74) is 1.97. The molecule has 0 aliphatic carbocycles. The van der Waals surface area contributed by atoms with Crippen molar-refractivity contribution in [2.24, 2.45) is 0 Å². The highest BCUT2D eigenvalue weighted by molar-refractivity contribution is 6.04. The molecule has 144 valence electrons. The Bertz CT molecular complexity index is 759. The van der Waals surface area contributed by atoms with Crippen LogP contribution < -0.4 is 15.4 Å². The third-order valence-electron chi connectivity index (χ3n) is 3.94. The fraction of sp³-hybridized carbons (Fsp3) is 0.333. The van der Waals surface area contributed by atoms with Gasteiger partial charge in [0.2, 0.25) is 0 Å². The van der Waals surface area contributed by atoms with Crippen LogP contribution in [0.2, 0.25) is 0 Å². The van der Waals surface area contributed by atoms with Gasteiger partial charge in [-0.25, -0.2) is 0 Å². The monoisotopic (exact) mass is 370 g/mol. The molecular weight excluding hydrogens is 344 g/mol. The minimum atomic E-state index is -0.703. The lowest BCUT2D eigenvalue weighted by atomic mass is 10.1. The largest absolute Gasteiger partial charge is 0.481 e. The third kappa shape index (κ3) is 6.42. The van der Waals surface area contributed by atoms with Gasteiger partial charge in [0.1, 0.15) is 5.75 Å². The molecule has 0 radical (unpaired) electrons. The van der Waals surface area contributed by atoms with Crippen LogP contribution in [0.4, 0.5) is 5.69 Å². The van der Waals surface area contributed by atoms with Crippen LogP contribution in [0.25, 0.3) is 0 Å². The van der Waals surface area contributed by atoms with Crippen molar-refractivity contribution in [2.45, 2.75) is 26.4 Å². The van der Waals surface area contributed by atoms with Crippen molar-refractivity contribution in [1.29, 1.82) is 0 Å². The zero-order valence-electron chi connectivity index (χ0n) is 16.0. The Kier molecular flexibility index (Phi) is 7.82. The normalized spacial score (nSPS) is 11.5. The lowest BCUT2D eigenvalue weighted by Gasteiger charge is -2.16. The molecule has 6 heteroatoms. The van der Waals surface area contributed by atoms with E-state index in [0.717, 1.165) is 12.0 Å². The van der Waals surface area contributed by atoms with E-state index in [1.165, 1.54) is 0 Å². The summed E-state index contributed by atoms with van der Waals surface area (Å²) in [7, 11) is 1.62. The van der Waals surface area contributed by atoms with Crippen molar-refractivity contribution in [3.63, 3.8) is 0 Å². The molecule has 2 aromatic carbocycles. The molecule has 2 aromatic rings. The Hall–Kier alpha value is -2.86. The van der Waals surface area contributed by atoms with Gasteiger partial charge >= 0.3 is 0 Å². The summed E-state index contributed by atoms with van der Waals surface area (Å²) in [5, 5.41) is 5.60. The second-order valence-electron chi connectivity index (χ2n) is 6.21.